The molecule has 2 heterocycles. The van der Waals surface area contributed by atoms with E-state index in [1.54, 1.807) is 0 Å². The Balaban J connectivity index is 2.01. The predicted octanol–water partition coefficient (Wildman–Crippen LogP) is 0.566. The maximum atomic E-state index is 9.15. The maximum Gasteiger partial charge on any atom is 0.0570 e. The van der Waals surface area contributed by atoms with Gasteiger partial charge in [-0.3, -0.25) is 0 Å². The molecule has 1 aliphatic heterocycles. The van der Waals surface area contributed by atoms with Gasteiger partial charge in [-0.2, -0.15) is 0 Å². The fourth-order valence-electron chi connectivity index (χ4n) is 1.54. The van der Waals surface area contributed by atoms with Gasteiger partial charge in [0.1, 0.15) is 0 Å². The van der Waals surface area contributed by atoms with E-state index < -0.39 is 0 Å². The van der Waals surface area contributed by atoms with Crippen molar-refractivity contribution in [2.45, 2.75) is 6.42 Å². The third kappa shape index (κ3) is 1.26. The molecule has 3 nitrogen and oxygen atoms in total. The summed E-state index contributed by atoms with van der Waals surface area (Å²) in [6.07, 6.45) is 4.78. The van der Waals surface area contributed by atoms with Crippen LogP contribution in [0.3, 0.4) is 0 Å². The van der Waals surface area contributed by atoms with Gasteiger partial charge in [0, 0.05) is 17.8 Å². The van der Waals surface area contributed by atoms with E-state index in [4.69, 9.17) is 9.84 Å². The number of hydrogen-bond donors (Lipinski definition) is 2. The van der Waals surface area contributed by atoms with Crippen molar-refractivity contribution >= 4 is 0 Å². The smallest absolute Gasteiger partial charge is 0.0570 e. The van der Waals surface area contributed by atoms with Gasteiger partial charge in [0.2, 0.25) is 0 Å². The Hall–Kier alpha value is -0.800. The van der Waals surface area contributed by atoms with Crippen LogP contribution in [-0.2, 0) is 11.2 Å². The summed E-state index contributed by atoms with van der Waals surface area (Å²) in [6, 6.07) is 2.04. The van der Waals surface area contributed by atoms with E-state index in [-0.39, 0.29) is 12.0 Å². The normalized spacial score (nSPS) is 20.4. The summed E-state index contributed by atoms with van der Waals surface area (Å²) in [5.41, 5.74) is 1.25. The molecule has 12 heavy (non-hydrogen) atoms. The van der Waals surface area contributed by atoms with Crippen LogP contribution in [0.4, 0.5) is 0 Å². The first-order valence-electron chi connectivity index (χ1n) is 4.15. The minimum atomic E-state index is 0.00218. The van der Waals surface area contributed by atoms with Gasteiger partial charge < -0.3 is 14.8 Å². The van der Waals surface area contributed by atoms with Crippen molar-refractivity contribution in [3.05, 3.63) is 24.0 Å². The van der Waals surface area contributed by atoms with Crippen LogP contribution in [0, 0.1) is 5.41 Å². The quantitative estimate of drug-likeness (QED) is 0.691. The van der Waals surface area contributed by atoms with Crippen LogP contribution in [-0.4, -0.2) is 29.9 Å². The van der Waals surface area contributed by atoms with E-state index in [1.807, 2.05) is 18.5 Å². The molecule has 1 aromatic heterocycles. The number of hydrogen-bond acceptors (Lipinski definition) is 2. The Morgan fingerprint density at radius 2 is 2.42 bits per heavy atom. The molecule has 1 aromatic rings. The molecule has 3 heteroatoms. The van der Waals surface area contributed by atoms with Crippen molar-refractivity contribution in [2.75, 3.05) is 19.8 Å². The molecule has 0 radical (unpaired) electrons. The van der Waals surface area contributed by atoms with Crippen LogP contribution >= 0.6 is 0 Å². The average Bonchev–Trinajstić information content (AvgIpc) is 2.49. The van der Waals surface area contributed by atoms with Gasteiger partial charge in [0.15, 0.2) is 0 Å². The number of aliphatic hydroxyl groups excluding tert-OH is 1. The zero-order valence-electron chi connectivity index (χ0n) is 6.92. The molecule has 1 fully saturated rings. The SMILES string of the molecule is OCC1(Cc2cc[nH]c2)COC1. The number of H-pyrrole nitrogens is 1. The number of aromatic nitrogens is 1. The van der Waals surface area contributed by atoms with Gasteiger partial charge >= 0.3 is 0 Å². The van der Waals surface area contributed by atoms with E-state index in [9.17, 15) is 0 Å². The summed E-state index contributed by atoms with van der Waals surface area (Å²) in [5, 5.41) is 9.15. The number of rotatable bonds is 3. The fraction of sp³-hybridized carbons (Fsp3) is 0.556. The highest BCUT2D eigenvalue weighted by Gasteiger charge is 2.37. The Kier molecular flexibility index (Phi) is 1.90. The number of ether oxygens (including phenoxy) is 1. The van der Waals surface area contributed by atoms with E-state index >= 15 is 0 Å². The number of aromatic amines is 1. The first kappa shape index (κ1) is 7.83. The second-order valence-electron chi connectivity index (χ2n) is 3.55. The molecule has 0 saturated carbocycles. The van der Waals surface area contributed by atoms with Crippen molar-refractivity contribution in [3.63, 3.8) is 0 Å². The van der Waals surface area contributed by atoms with E-state index in [1.165, 1.54) is 5.56 Å². The van der Waals surface area contributed by atoms with Gasteiger partial charge in [-0.05, 0) is 18.1 Å². The van der Waals surface area contributed by atoms with Crippen LogP contribution in [0.2, 0.25) is 0 Å². The Labute approximate surface area is 71.4 Å². The molecule has 0 atom stereocenters. The lowest BCUT2D eigenvalue weighted by Gasteiger charge is -2.39. The molecular weight excluding hydrogens is 154 g/mol. The highest BCUT2D eigenvalue weighted by Crippen LogP contribution is 2.30. The second-order valence-corrected chi connectivity index (χ2v) is 3.55. The Morgan fingerprint density at radius 1 is 1.58 bits per heavy atom. The highest BCUT2D eigenvalue weighted by molar-refractivity contribution is 5.12. The van der Waals surface area contributed by atoms with Crippen molar-refractivity contribution in [1.82, 2.24) is 4.98 Å². The summed E-state index contributed by atoms with van der Waals surface area (Å²) in [5.74, 6) is 0. The largest absolute Gasteiger partial charge is 0.396 e. The Morgan fingerprint density at radius 3 is 2.83 bits per heavy atom. The third-order valence-electron chi connectivity index (χ3n) is 2.39. The molecule has 1 aliphatic rings. The highest BCUT2D eigenvalue weighted by atomic mass is 16.5. The van der Waals surface area contributed by atoms with Crippen molar-refractivity contribution in [3.8, 4) is 0 Å². The summed E-state index contributed by atoms with van der Waals surface area (Å²) >= 11 is 0. The van der Waals surface area contributed by atoms with Crippen LogP contribution in [0.25, 0.3) is 0 Å². The van der Waals surface area contributed by atoms with Crippen LogP contribution < -0.4 is 0 Å². The van der Waals surface area contributed by atoms with Gasteiger partial charge in [0.25, 0.3) is 0 Å². The number of nitrogens with one attached hydrogen (secondary N) is 1. The molecular formula is C9H13NO2. The topological polar surface area (TPSA) is 45.2 Å². The molecule has 0 spiro atoms. The lowest BCUT2D eigenvalue weighted by atomic mass is 9.81. The number of aliphatic hydroxyl groups is 1. The van der Waals surface area contributed by atoms with E-state index in [0.717, 1.165) is 6.42 Å². The molecule has 2 rings (SSSR count). The van der Waals surface area contributed by atoms with Crippen LogP contribution in [0.5, 0.6) is 0 Å². The molecule has 66 valence electrons. The predicted molar refractivity (Wildman–Crippen MR) is 44.8 cm³/mol. The lowest BCUT2D eigenvalue weighted by Crippen LogP contribution is -2.47. The molecule has 0 aliphatic carbocycles. The van der Waals surface area contributed by atoms with E-state index in [0.29, 0.717) is 13.2 Å². The minimum absolute atomic E-state index is 0.00218. The first-order chi connectivity index (χ1) is 5.85. The molecule has 0 bridgehead atoms. The van der Waals surface area contributed by atoms with Gasteiger partial charge in [-0.15, -0.1) is 0 Å². The zero-order valence-corrected chi connectivity index (χ0v) is 6.92. The van der Waals surface area contributed by atoms with Gasteiger partial charge in [-0.1, -0.05) is 0 Å². The van der Waals surface area contributed by atoms with Gasteiger partial charge in [0.05, 0.1) is 19.8 Å². The molecule has 1 saturated heterocycles. The Bertz CT molecular complexity index is 234. The molecule has 2 N–H and O–H groups in total. The first-order valence-corrected chi connectivity index (χ1v) is 4.15. The summed E-state index contributed by atoms with van der Waals surface area (Å²) < 4.78 is 5.11. The lowest BCUT2D eigenvalue weighted by molar-refractivity contribution is -0.135. The average molecular weight is 167 g/mol. The fourth-order valence-corrected chi connectivity index (χ4v) is 1.54. The molecule has 0 unspecified atom stereocenters. The third-order valence-corrected chi connectivity index (χ3v) is 2.39. The standard InChI is InChI=1S/C9H13NO2/c11-5-9(6-12-7-9)3-8-1-2-10-4-8/h1-2,4,10-11H,3,5-7H2. The van der Waals surface area contributed by atoms with Crippen LogP contribution in [0.1, 0.15) is 5.56 Å². The van der Waals surface area contributed by atoms with Crippen molar-refractivity contribution in [1.29, 1.82) is 0 Å². The monoisotopic (exact) mass is 167 g/mol. The van der Waals surface area contributed by atoms with Crippen LogP contribution in [0.15, 0.2) is 18.5 Å². The maximum absolute atomic E-state index is 9.15. The minimum Gasteiger partial charge on any atom is -0.396 e. The molecule has 0 aromatic carbocycles. The summed E-state index contributed by atoms with van der Waals surface area (Å²) in [7, 11) is 0. The summed E-state index contributed by atoms with van der Waals surface area (Å²) in [4.78, 5) is 3.00. The zero-order chi connectivity index (χ0) is 8.44. The summed E-state index contributed by atoms with van der Waals surface area (Å²) in [6.45, 7) is 1.60. The van der Waals surface area contributed by atoms with Crippen molar-refractivity contribution in [2.24, 2.45) is 5.41 Å². The van der Waals surface area contributed by atoms with E-state index in [2.05, 4.69) is 4.98 Å². The van der Waals surface area contributed by atoms with Gasteiger partial charge in [-0.25, -0.2) is 0 Å². The second kappa shape index (κ2) is 2.92. The molecule has 0 amide bonds. The van der Waals surface area contributed by atoms with Crippen molar-refractivity contribution < 1.29 is 9.84 Å².